The Bertz CT molecular complexity index is 2760. The maximum Gasteiger partial charge on any atom is 0.269 e. The molecule has 0 saturated carbocycles. The van der Waals surface area contributed by atoms with Gasteiger partial charge in [-0.1, -0.05) is 94.4 Å². The lowest BCUT2D eigenvalue weighted by atomic mass is 9.80. The molecule has 3 heterocycles. The van der Waals surface area contributed by atoms with E-state index in [1.807, 2.05) is 107 Å². The zero-order valence-corrected chi connectivity index (χ0v) is 41.5. The Morgan fingerprint density at radius 2 is 1.53 bits per heavy atom. The van der Waals surface area contributed by atoms with Crippen LogP contribution in [0.4, 0.5) is 16.0 Å². The molecule has 0 unspecified atom stereocenters. The molecule has 1 aliphatic heterocycles. The molecule has 0 spiro atoms. The van der Waals surface area contributed by atoms with Gasteiger partial charge >= 0.3 is 0 Å². The van der Waals surface area contributed by atoms with Crippen LogP contribution in [0.2, 0.25) is 0 Å². The SMILES string of the molecule is COc1ccc(C(OC[C@H]2O[C@@H](n3cnc4c(OCCc5ccc([N+](=O)[O-])cc5)nc(N=CN(C)C)nc43)[C@H](N(CCC#N)P(=O)(C(C)C)C(C)C)[C@@H]2F)(c2ccccc2)c2ccc(OC)cc2)cc1. The van der Waals surface area contributed by atoms with Crippen LogP contribution in [0.15, 0.2) is 114 Å². The van der Waals surface area contributed by atoms with Crippen molar-refractivity contribution in [2.24, 2.45) is 4.99 Å². The van der Waals surface area contributed by atoms with Crippen LogP contribution in [-0.2, 0) is 26.1 Å². The molecule has 368 valence electrons. The van der Waals surface area contributed by atoms with Gasteiger partial charge in [-0.3, -0.25) is 14.7 Å². The molecule has 19 heteroatoms. The van der Waals surface area contributed by atoms with E-state index in [0.29, 0.717) is 17.9 Å². The van der Waals surface area contributed by atoms with E-state index in [-0.39, 0.29) is 54.9 Å². The second-order valence-electron chi connectivity index (χ2n) is 17.6. The third kappa shape index (κ3) is 10.5. The molecule has 4 aromatic carbocycles. The number of hydrogen-bond acceptors (Lipinski definition) is 13. The number of benzene rings is 4. The lowest BCUT2D eigenvalue weighted by Gasteiger charge is -2.42. The fourth-order valence-corrected chi connectivity index (χ4v) is 12.4. The van der Waals surface area contributed by atoms with Crippen molar-refractivity contribution in [1.82, 2.24) is 29.1 Å². The Morgan fingerprint density at radius 3 is 2.07 bits per heavy atom. The first-order chi connectivity index (χ1) is 33.7. The molecule has 0 aliphatic carbocycles. The van der Waals surface area contributed by atoms with Gasteiger partial charge in [0.05, 0.1) is 57.1 Å². The summed E-state index contributed by atoms with van der Waals surface area (Å²) in [5.41, 5.74) is 1.26. The van der Waals surface area contributed by atoms with E-state index < -0.39 is 53.7 Å². The van der Waals surface area contributed by atoms with Crippen LogP contribution in [0.1, 0.15) is 62.6 Å². The summed E-state index contributed by atoms with van der Waals surface area (Å²) in [6.07, 6.45) is -0.984. The molecular formula is C51H59FN9O8P. The van der Waals surface area contributed by atoms with E-state index in [0.717, 1.165) is 22.3 Å². The van der Waals surface area contributed by atoms with Gasteiger partial charge < -0.3 is 33.1 Å². The van der Waals surface area contributed by atoms with Crippen LogP contribution < -0.4 is 14.2 Å². The number of alkyl halides is 1. The van der Waals surface area contributed by atoms with Crippen molar-refractivity contribution in [3.63, 3.8) is 0 Å². The van der Waals surface area contributed by atoms with E-state index in [9.17, 15) is 15.4 Å². The van der Waals surface area contributed by atoms with Gasteiger partial charge in [0.15, 0.2) is 24.7 Å². The number of non-ortho nitro benzene ring substituents is 1. The van der Waals surface area contributed by atoms with E-state index in [1.165, 1.54) is 24.8 Å². The van der Waals surface area contributed by atoms with E-state index in [2.05, 4.69) is 16.0 Å². The Balaban J connectivity index is 1.35. The first-order valence-corrected chi connectivity index (χ1v) is 24.8. The van der Waals surface area contributed by atoms with Crippen molar-refractivity contribution >= 4 is 36.4 Å². The lowest BCUT2D eigenvalue weighted by Crippen LogP contribution is -2.47. The van der Waals surface area contributed by atoms with Gasteiger partial charge in [0.25, 0.3) is 11.6 Å². The second-order valence-corrected chi connectivity index (χ2v) is 21.6. The van der Waals surface area contributed by atoms with E-state index in [4.69, 9.17) is 33.7 Å². The maximum absolute atomic E-state index is 18.3. The minimum Gasteiger partial charge on any atom is -0.497 e. The summed E-state index contributed by atoms with van der Waals surface area (Å²) < 4.78 is 68.6. The average molecular weight is 976 g/mol. The smallest absolute Gasteiger partial charge is 0.269 e. The summed E-state index contributed by atoms with van der Waals surface area (Å²) in [7, 11) is 3.29. The van der Waals surface area contributed by atoms with Gasteiger partial charge in [-0.05, 0) is 46.5 Å². The van der Waals surface area contributed by atoms with Crippen molar-refractivity contribution in [1.29, 1.82) is 5.26 Å². The first-order valence-electron chi connectivity index (χ1n) is 23.0. The molecule has 2 aromatic heterocycles. The highest BCUT2D eigenvalue weighted by Crippen LogP contribution is 2.61. The Labute approximate surface area is 407 Å². The number of imidazole rings is 1. The number of ether oxygens (including phenoxy) is 5. The third-order valence-corrected chi connectivity index (χ3v) is 16.7. The van der Waals surface area contributed by atoms with Crippen LogP contribution in [-0.4, -0.2) is 118 Å². The van der Waals surface area contributed by atoms with Crippen molar-refractivity contribution in [3.05, 3.63) is 142 Å². The Kier molecular flexibility index (Phi) is 16.3. The summed E-state index contributed by atoms with van der Waals surface area (Å²) in [4.78, 5) is 31.1. The molecule has 6 aromatic rings. The van der Waals surface area contributed by atoms with Gasteiger partial charge in [0, 0.05) is 56.9 Å². The monoisotopic (exact) mass is 975 g/mol. The highest BCUT2D eigenvalue weighted by Gasteiger charge is 2.55. The highest BCUT2D eigenvalue weighted by molar-refractivity contribution is 7.62. The number of fused-ring (bicyclic) bond motifs is 1. The number of aromatic nitrogens is 4. The molecule has 0 N–H and O–H groups in total. The molecule has 17 nitrogen and oxygen atoms in total. The van der Waals surface area contributed by atoms with Gasteiger partial charge in [0.2, 0.25) is 5.88 Å². The van der Waals surface area contributed by atoms with Gasteiger partial charge in [0.1, 0.15) is 29.4 Å². The largest absolute Gasteiger partial charge is 0.497 e. The van der Waals surface area contributed by atoms with Crippen LogP contribution in [0, 0.1) is 21.4 Å². The van der Waals surface area contributed by atoms with Crippen LogP contribution in [0.25, 0.3) is 11.2 Å². The fourth-order valence-electron chi connectivity index (χ4n) is 8.98. The molecule has 4 atom stereocenters. The molecule has 0 radical (unpaired) electrons. The number of halogens is 1. The van der Waals surface area contributed by atoms with Gasteiger partial charge in [-0.15, -0.1) is 0 Å². The molecule has 1 saturated heterocycles. The maximum atomic E-state index is 18.3. The molecular weight excluding hydrogens is 917 g/mol. The fraction of sp³-hybridized carbons (Fsp3) is 0.392. The number of nitriles is 1. The number of rotatable bonds is 22. The van der Waals surface area contributed by atoms with Crippen LogP contribution in [0.5, 0.6) is 17.4 Å². The zero-order valence-electron chi connectivity index (χ0n) is 40.6. The summed E-state index contributed by atoms with van der Waals surface area (Å²) in [6.45, 7) is 7.22. The predicted molar refractivity (Wildman–Crippen MR) is 265 cm³/mol. The van der Waals surface area contributed by atoms with Crippen molar-refractivity contribution in [2.75, 3.05) is 48.1 Å². The molecule has 70 heavy (non-hydrogen) atoms. The first kappa shape index (κ1) is 51.1. The lowest BCUT2D eigenvalue weighted by molar-refractivity contribution is -0.384. The standard InChI is InChI=1S/C51H59FN9O8P/c1-34(2)70(64,35(3)4)60(29-12-28-53)46-44(52)43(31-68-51(37-13-10-9-11-14-37,38-17-23-41(65-7)24-18-38)39-19-25-42(66-8)26-20-39)69-49(46)59-33-54-45-47(59)56-50(55-32-58(5)6)57-48(45)67-30-27-36-15-21-40(22-16-36)61(62)63/h9-11,13-26,32-35,43-44,46,49H,12,27,29-31H2,1-8H3/t43-,44-,46-,49-/m1/s1. The predicted octanol–water partition coefficient (Wildman–Crippen LogP) is 9.52. The average Bonchev–Trinajstić information content (AvgIpc) is 3.94. The topological polar surface area (TPSA) is 193 Å². The molecule has 7 rings (SSSR count). The summed E-state index contributed by atoms with van der Waals surface area (Å²) in [5, 5.41) is 21.2. The number of aliphatic imine (C=N–C) groups is 1. The molecule has 1 fully saturated rings. The number of nitro benzene ring substituents is 1. The van der Waals surface area contributed by atoms with Gasteiger partial charge in [-0.2, -0.15) is 15.2 Å². The number of hydrogen-bond donors (Lipinski definition) is 0. The van der Waals surface area contributed by atoms with Crippen LogP contribution in [0.3, 0.4) is 0 Å². The number of nitrogens with zero attached hydrogens (tertiary/aromatic N) is 9. The summed E-state index contributed by atoms with van der Waals surface area (Å²) in [6, 6.07) is 31.8. The van der Waals surface area contributed by atoms with E-state index in [1.54, 1.807) is 54.6 Å². The zero-order chi connectivity index (χ0) is 50.2. The Morgan fingerprint density at radius 1 is 0.929 bits per heavy atom. The van der Waals surface area contributed by atoms with Gasteiger partial charge in [-0.25, -0.2) is 19.0 Å². The molecule has 0 bridgehead atoms. The normalized spacial score (nSPS) is 17.4. The van der Waals surface area contributed by atoms with Crippen LogP contribution >= 0.6 is 7.29 Å². The molecule has 0 amide bonds. The second kappa shape index (κ2) is 22.3. The third-order valence-electron chi connectivity index (χ3n) is 12.4. The van der Waals surface area contributed by atoms with E-state index >= 15 is 8.96 Å². The minimum absolute atomic E-state index is 0.00862. The molecule has 1 aliphatic rings. The quantitative estimate of drug-likeness (QED) is 0.0156. The highest BCUT2D eigenvalue weighted by atomic mass is 31.2. The van der Waals surface area contributed by atoms with Crippen molar-refractivity contribution in [2.45, 2.75) is 82.0 Å². The number of nitro groups is 1. The van der Waals surface area contributed by atoms with Crippen molar-refractivity contribution in [3.8, 4) is 23.4 Å². The summed E-state index contributed by atoms with van der Waals surface area (Å²) >= 11 is 0. The van der Waals surface area contributed by atoms with Crippen molar-refractivity contribution < 1.29 is 37.6 Å². The Hall–Kier alpha value is -6.77. The summed E-state index contributed by atoms with van der Waals surface area (Å²) in [5.74, 6) is 1.38. The minimum atomic E-state index is -3.48. The number of methoxy groups -OCH3 is 2.